The second-order valence-electron chi connectivity index (χ2n) is 11.3. The summed E-state index contributed by atoms with van der Waals surface area (Å²) in [5.74, 6) is -0.994. The van der Waals surface area contributed by atoms with Crippen molar-refractivity contribution in [3.63, 3.8) is 0 Å². The fourth-order valence-electron chi connectivity index (χ4n) is 5.82. The molecule has 4 rings (SSSR count). The molecule has 0 amide bonds. The van der Waals surface area contributed by atoms with Gasteiger partial charge in [-0.2, -0.15) is 0 Å². The van der Waals surface area contributed by atoms with Gasteiger partial charge >= 0.3 is 12.3 Å². The van der Waals surface area contributed by atoms with Gasteiger partial charge in [0.1, 0.15) is 11.6 Å². The van der Waals surface area contributed by atoms with Crippen LogP contribution in [-0.4, -0.2) is 29.0 Å². The second kappa shape index (κ2) is 9.54. The summed E-state index contributed by atoms with van der Waals surface area (Å²) in [5, 5.41) is 3.20. The molecule has 0 spiro atoms. The minimum atomic E-state index is -4.78. The summed E-state index contributed by atoms with van der Waals surface area (Å²) < 4.78 is 63.4. The monoisotopic (exact) mass is 521 g/mol. The van der Waals surface area contributed by atoms with Crippen LogP contribution in [0.2, 0.25) is 0 Å². The molecule has 0 atom stereocenters. The maximum Gasteiger partial charge on any atom is 0.573 e. The van der Waals surface area contributed by atoms with Crippen molar-refractivity contribution in [1.29, 1.82) is 0 Å². The number of carbonyl (C=O) groups excluding carboxylic acids is 1. The fraction of sp³-hybridized carbons (Fsp3) is 0.481. The molecule has 1 saturated carbocycles. The summed E-state index contributed by atoms with van der Waals surface area (Å²) in [6, 6.07) is 8.27. The molecule has 1 fully saturated rings. The van der Waals surface area contributed by atoms with Crippen LogP contribution in [0.15, 0.2) is 36.4 Å². The van der Waals surface area contributed by atoms with E-state index < -0.39 is 18.1 Å². The van der Waals surface area contributed by atoms with E-state index in [0.29, 0.717) is 22.7 Å². The van der Waals surface area contributed by atoms with Gasteiger partial charge in [0.2, 0.25) is 5.95 Å². The van der Waals surface area contributed by atoms with Gasteiger partial charge in [-0.05, 0) is 60.4 Å². The molecule has 10 heteroatoms. The van der Waals surface area contributed by atoms with Crippen LogP contribution in [0.3, 0.4) is 0 Å². The molecule has 1 N–H and O–H groups in total. The summed E-state index contributed by atoms with van der Waals surface area (Å²) in [7, 11) is 1.24. The Bertz CT molecular complexity index is 1280. The third-order valence-electron chi connectivity index (χ3n) is 6.66. The normalized spacial score (nSPS) is 17.5. The number of methoxy groups -OCH3 is 1. The Kier molecular flexibility index (Phi) is 6.90. The quantitative estimate of drug-likeness (QED) is 0.272. The lowest BCUT2D eigenvalue weighted by atomic mass is 9.63. The van der Waals surface area contributed by atoms with Crippen molar-refractivity contribution in [2.24, 2.45) is 10.8 Å². The topological polar surface area (TPSA) is 65.4 Å². The van der Waals surface area contributed by atoms with E-state index in [0.717, 1.165) is 19.3 Å². The van der Waals surface area contributed by atoms with Gasteiger partial charge in [-0.15, -0.1) is 13.2 Å². The molecule has 0 unspecified atom stereocenters. The molecular formula is C27H31F4N3O3. The van der Waals surface area contributed by atoms with Gasteiger partial charge in [0.25, 0.3) is 0 Å². The van der Waals surface area contributed by atoms with Crippen LogP contribution >= 0.6 is 0 Å². The van der Waals surface area contributed by atoms with Crippen molar-refractivity contribution < 1.29 is 31.8 Å². The summed E-state index contributed by atoms with van der Waals surface area (Å²) >= 11 is 0. The molecule has 0 saturated heterocycles. The number of imidazole rings is 1. The van der Waals surface area contributed by atoms with Crippen LogP contribution in [0, 0.1) is 16.6 Å². The SMILES string of the molecule is COC(=O)Cc1cc2nc(Nc3ccc(OC(F)(F)F)cc3)n(C3CC(C)(C)CC(C)(C)C3)c2cc1F. The van der Waals surface area contributed by atoms with E-state index in [-0.39, 0.29) is 34.6 Å². The predicted octanol–water partition coefficient (Wildman–Crippen LogP) is 7.31. The maximum atomic E-state index is 15.1. The molecule has 0 aliphatic heterocycles. The molecular weight excluding hydrogens is 490 g/mol. The van der Waals surface area contributed by atoms with Gasteiger partial charge in [0.05, 0.1) is 24.6 Å². The number of carbonyl (C=O) groups is 1. The standard InChI is InChI=1S/C27H31F4N3O3/c1-25(2)13-18(14-26(3,4)15-25)34-22-12-20(28)16(11-23(35)36-5)10-21(22)33-24(34)32-17-6-8-19(9-7-17)37-27(29,30)31/h6-10,12,18H,11,13-15H2,1-5H3,(H,32,33). The van der Waals surface area contributed by atoms with Crippen molar-refractivity contribution in [1.82, 2.24) is 9.55 Å². The Hall–Kier alpha value is -3.30. The van der Waals surface area contributed by atoms with Crippen LogP contribution in [0.25, 0.3) is 11.0 Å². The molecule has 1 aliphatic rings. The van der Waals surface area contributed by atoms with Crippen LogP contribution < -0.4 is 10.1 Å². The average Bonchev–Trinajstić information content (AvgIpc) is 3.08. The van der Waals surface area contributed by atoms with Crippen LogP contribution in [0.5, 0.6) is 5.75 Å². The number of hydrogen-bond donors (Lipinski definition) is 1. The Balaban J connectivity index is 1.78. The molecule has 6 nitrogen and oxygen atoms in total. The number of alkyl halides is 3. The number of aromatic nitrogens is 2. The van der Waals surface area contributed by atoms with E-state index in [9.17, 15) is 18.0 Å². The van der Waals surface area contributed by atoms with Gasteiger partial charge < -0.3 is 19.4 Å². The first-order valence-corrected chi connectivity index (χ1v) is 12.0. The van der Waals surface area contributed by atoms with E-state index >= 15 is 4.39 Å². The third-order valence-corrected chi connectivity index (χ3v) is 6.66. The minimum Gasteiger partial charge on any atom is -0.469 e. The second-order valence-corrected chi connectivity index (χ2v) is 11.3. The number of esters is 1. The van der Waals surface area contributed by atoms with Crippen LogP contribution in [0.1, 0.15) is 58.6 Å². The highest BCUT2D eigenvalue weighted by atomic mass is 19.4. The van der Waals surface area contributed by atoms with Crippen molar-refractivity contribution >= 4 is 28.6 Å². The maximum absolute atomic E-state index is 15.1. The molecule has 3 aromatic rings. The zero-order valence-electron chi connectivity index (χ0n) is 21.5. The van der Waals surface area contributed by atoms with Crippen LogP contribution in [-0.2, 0) is 16.0 Å². The average molecular weight is 522 g/mol. The van der Waals surface area contributed by atoms with Crippen molar-refractivity contribution in [2.45, 2.75) is 65.8 Å². The Morgan fingerprint density at radius 3 is 2.30 bits per heavy atom. The van der Waals surface area contributed by atoms with Gasteiger partial charge in [0.15, 0.2) is 0 Å². The zero-order valence-corrected chi connectivity index (χ0v) is 21.5. The molecule has 0 radical (unpaired) electrons. The van der Waals surface area contributed by atoms with Crippen molar-refractivity contribution in [3.8, 4) is 5.75 Å². The fourth-order valence-corrected chi connectivity index (χ4v) is 5.82. The van der Waals surface area contributed by atoms with Crippen LogP contribution in [0.4, 0.5) is 29.2 Å². The molecule has 37 heavy (non-hydrogen) atoms. The first kappa shape index (κ1) is 26.8. The van der Waals surface area contributed by atoms with E-state index in [1.807, 2.05) is 4.57 Å². The smallest absolute Gasteiger partial charge is 0.469 e. The number of benzene rings is 2. The lowest BCUT2D eigenvalue weighted by molar-refractivity contribution is -0.274. The number of fused-ring (bicyclic) bond motifs is 1. The largest absolute Gasteiger partial charge is 0.573 e. The number of rotatable bonds is 6. The summed E-state index contributed by atoms with van der Waals surface area (Å²) in [6.45, 7) is 8.84. The Labute approximate surface area is 213 Å². The van der Waals surface area contributed by atoms with E-state index in [1.54, 1.807) is 6.07 Å². The summed E-state index contributed by atoms with van der Waals surface area (Å²) in [4.78, 5) is 16.5. The third kappa shape index (κ3) is 6.34. The van der Waals surface area contributed by atoms with Gasteiger partial charge in [-0.3, -0.25) is 4.79 Å². The Morgan fingerprint density at radius 1 is 1.11 bits per heavy atom. The molecule has 2 aromatic carbocycles. The molecule has 200 valence electrons. The lowest BCUT2D eigenvalue weighted by Gasteiger charge is -2.45. The predicted molar refractivity (Wildman–Crippen MR) is 132 cm³/mol. The number of anilines is 2. The minimum absolute atomic E-state index is 0.00931. The van der Waals surface area contributed by atoms with Crippen molar-refractivity contribution in [3.05, 3.63) is 47.8 Å². The summed E-state index contributed by atoms with van der Waals surface area (Å²) in [6.07, 6.45) is -2.31. The molecule has 0 bridgehead atoms. The van der Waals surface area contributed by atoms with Gasteiger partial charge in [-0.25, -0.2) is 9.37 Å². The first-order chi connectivity index (χ1) is 17.1. The highest BCUT2D eigenvalue weighted by molar-refractivity contribution is 5.82. The molecule has 1 heterocycles. The van der Waals surface area contributed by atoms with Gasteiger partial charge in [-0.1, -0.05) is 27.7 Å². The van der Waals surface area contributed by atoms with E-state index in [1.165, 1.54) is 37.4 Å². The van der Waals surface area contributed by atoms with E-state index in [4.69, 9.17) is 4.98 Å². The highest BCUT2D eigenvalue weighted by Gasteiger charge is 2.40. The molecule has 1 aliphatic carbocycles. The highest BCUT2D eigenvalue weighted by Crippen LogP contribution is 2.51. The zero-order chi connectivity index (χ0) is 27.2. The number of ether oxygens (including phenoxy) is 2. The van der Waals surface area contributed by atoms with Crippen molar-refractivity contribution in [2.75, 3.05) is 12.4 Å². The first-order valence-electron chi connectivity index (χ1n) is 12.0. The van der Waals surface area contributed by atoms with E-state index in [2.05, 4.69) is 42.5 Å². The molecule has 1 aromatic heterocycles. The number of halogens is 4. The lowest BCUT2D eigenvalue weighted by Crippen LogP contribution is -2.35. The number of nitrogens with zero attached hydrogens (tertiary/aromatic N) is 2. The number of nitrogens with one attached hydrogen (secondary N) is 1. The summed E-state index contributed by atoms with van der Waals surface area (Å²) in [5.41, 5.74) is 1.80. The van der Waals surface area contributed by atoms with Gasteiger partial charge in [0, 0.05) is 23.4 Å². The number of hydrogen-bond acceptors (Lipinski definition) is 5. The Morgan fingerprint density at radius 2 is 1.73 bits per heavy atom.